The van der Waals surface area contributed by atoms with Gasteiger partial charge in [-0.1, -0.05) is 0 Å². The summed E-state index contributed by atoms with van der Waals surface area (Å²) in [6, 6.07) is 1.11. The first-order chi connectivity index (χ1) is 6.57. The van der Waals surface area contributed by atoms with Gasteiger partial charge in [-0.3, -0.25) is 4.79 Å². The molecule has 0 radical (unpaired) electrons. The zero-order valence-electron chi connectivity index (χ0n) is 8.23. The van der Waals surface area contributed by atoms with Gasteiger partial charge in [0.05, 0.1) is 6.61 Å². The highest BCUT2D eigenvalue weighted by molar-refractivity contribution is 7.14. The molecular formula is C9H14N2O2S. The van der Waals surface area contributed by atoms with Crippen molar-refractivity contribution in [1.29, 1.82) is 0 Å². The maximum absolute atomic E-state index is 11.6. The van der Waals surface area contributed by atoms with Crippen LogP contribution in [-0.4, -0.2) is 30.7 Å². The van der Waals surface area contributed by atoms with Crippen LogP contribution in [0.15, 0.2) is 11.4 Å². The normalized spacial score (nSPS) is 12.6. The van der Waals surface area contributed by atoms with Gasteiger partial charge >= 0.3 is 0 Å². The van der Waals surface area contributed by atoms with Crippen molar-refractivity contribution in [3.63, 3.8) is 0 Å². The molecule has 1 unspecified atom stereocenters. The molecule has 0 saturated heterocycles. The summed E-state index contributed by atoms with van der Waals surface area (Å²) in [6.45, 7) is 1.60. The number of likely N-dealkylation sites (N-methyl/N-ethyl adjacent to an activating group) is 1. The second kappa shape index (κ2) is 4.54. The molecule has 0 aromatic carbocycles. The van der Waals surface area contributed by atoms with Gasteiger partial charge in [0.15, 0.2) is 0 Å². The molecule has 1 aromatic rings. The molecule has 5 heteroatoms. The molecule has 1 aromatic heterocycles. The summed E-state index contributed by atoms with van der Waals surface area (Å²) < 4.78 is 0. The van der Waals surface area contributed by atoms with Gasteiger partial charge in [-0.05, 0) is 23.9 Å². The average Bonchev–Trinajstić information content (AvgIpc) is 2.61. The van der Waals surface area contributed by atoms with Crippen LogP contribution in [0, 0.1) is 6.92 Å². The van der Waals surface area contributed by atoms with Crippen molar-refractivity contribution in [1.82, 2.24) is 0 Å². The Bertz CT molecular complexity index is 324. The lowest BCUT2D eigenvalue weighted by molar-refractivity contribution is -0.120. The van der Waals surface area contributed by atoms with Gasteiger partial charge in [-0.2, -0.15) is 0 Å². The first-order valence-corrected chi connectivity index (χ1v) is 5.14. The highest BCUT2D eigenvalue weighted by atomic mass is 32.1. The van der Waals surface area contributed by atoms with Crippen LogP contribution in [0.3, 0.4) is 0 Å². The standard InChI is InChI=1S/C9H14N2O2S/c1-6-3-4-14-9(6)11(2)8(13)7(10)5-12/h3-4,7,12H,5,10H2,1-2H3. The van der Waals surface area contributed by atoms with Crippen LogP contribution in [0.4, 0.5) is 5.00 Å². The number of carbonyl (C=O) groups excluding carboxylic acids is 1. The number of hydrogen-bond donors (Lipinski definition) is 2. The molecule has 0 bridgehead atoms. The maximum atomic E-state index is 11.6. The number of nitrogens with zero attached hydrogens (tertiary/aromatic N) is 1. The van der Waals surface area contributed by atoms with Crippen molar-refractivity contribution >= 4 is 22.2 Å². The molecule has 1 heterocycles. The average molecular weight is 214 g/mol. The highest BCUT2D eigenvalue weighted by Crippen LogP contribution is 2.25. The molecule has 1 atom stereocenters. The van der Waals surface area contributed by atoms with Crippen molar-refractivity contribution < 1.29 is 9.90 Å². The summed E-state index contributed by atoms with van der Waals surface area (Å²) in [5, 5.41) is 11.5. The Morgan fingerprint density at radius 1 is 1.79 bits per heavy atom. The second-order valence-electron chi connectivity index (χ2n) is 3.10. The third-order valence-electron chi connectivity index (χ3n) is 1.98. The van der Waals surface area contributed by atoms with Gasteiger partial charge in [0.25, 0.3) is 0 Å². The van der Waals surface area contributed by atoms with Crippen molar-refractivity contribution in [2.24, 2.45) is 5.73 Å². The van der Waals surface area contributed by atoms with Crippen LogP contribution in [0.2, 0.25) is 0 Å². The molecule has 0 fully saturated rings. The molecule has 0 aliphatic rings. The number of aliphatic hydroxyl groups excluding tert-OH is 1. The first-order valence-electron chi connectivity index (χ1n) is 4.26. The number of amides is 1. The van der Waals surface area contributed by atoms with E-state index in [9.17, 15) is 4.79 Å². The van der Waals surface area contributed by atoms with E-state index in [0.29, 0.717) is 0 Å². The molecule has 78 valence electrons. The Kier molecular flexibility index (Phi) is 3.62. The smallest absolute Gasteiger partial charge is 0.246 e. The number of thiophene rings is 1. The number of aliphatic hydroxyl groups is 1. The molecule has 1 amide bonds. The van der Waals surface area contributed by atoms with E-state index in [4.69, 9.17) is 10.8 Å². The number of anilines is 1. The Morgan fingerprint density at radius 3 is 2.86 bits per heavy atom. The van der Waals surface area contributed by atoms with E-state index in [0.717, 1.165) is 10.6 Å². The topological polar surface area (TPSA) is 66.6 Å². The lowest BCUT2D eigenvalue weighted by Gasteiger charge is -2.19. The number of nitrogens with two attached hydrogens (primary N) is 1. The van der Waals surface area contributed by atoms with Gasteiger partial charge < -0.3 is 15.7 Å². The zero-order valence-corrected chi connectivity index (χ0v) is 9.04. The molecule has 4 nitrogen and oxygen atoms in total. The monoisotopic (exact) mass is 214 g/mol. The molecule has 0 aliphatic heterocycles. The first kappa shape index (κ1) is 11.2. The summed E-state index contributed by atoms with van der Waals surface area (Å²) >= 11 is 1.48. The van der Waals surface area contributed by atoms with E-state index in [1.54, 1.807) is 7.05 Å². The van der Waals surface area contributed by atoms with Crippen molar-refractivity contribution in [2.45, 2.75) is 13.0 Å². The summed E-state index contributed by atoms with van der Waals surface area (Å²) in [6.07, 6.45) is 0. The predicted octanol–water partition coefficient (Wildman–Crippen LogP) is 0.339. The molecular weight excluding hydrogens is 200 g/mol. The summed E-state index contributed by atoms with van der Waals surface area (Å²) in [7, 11) is 1.66. The van der Waals surface area contributed by atoms with Gasteiger partial charge in [0.2, 0.25) is 5.91 Å². The van der Waals surface area contributed by atoms with Crippen LogP contribution < -0.4 is 10.6 Å². The van der Waals surface area contributed by atoms with Crippen LogP contribution in [0.1, 0.15) is 5.56 Å². The van der Waals surface area contributed by atoms with E-state index in [1.165, 1.54) is 16.2 Å². The summed E-state index contributed by atoms with van der Waals surface area (Å²) in [5.41, 5.74) is 6.47. The van der Waals surface area contributed by atoms with Crippen molar-refractivity contribution in [3.8, 4) is 0 Å². The van der Waals surface area contributed by atoms with Crippen LogP contribution >= 0.6 is 11.3 Å². The van der Waals surface area contributed by atoms with E-state index in [1.807, 2.05) is 18.4 Å². The van der Waals surface area contributed by atoms with Gasteiger partial charge in [-0.25, -0.2) is 0 Å². The molecule has 0 saturated carbocycles. The lowest BCUT2D eigenvalue weighted by atomic mass is 10.3. The third kappa shape index (κ3) is 2.12. The van der Waals surface area contributed by atoms with Gasteiger partial charge in [0.1, 0.15) is 11.0 Å². The Labute approximate surface area is 87.0 Å². The minimum Gasteiger partial charge on any atom is -0.394 e. The molecule has 0 spiro atoms. The molecule has 3 N–H and O–H groups in total. The SMILES string of the molecule is Cc1ccsc1N(C)C(=O)C(N)CO. The second-order valence-corrected chi connectivity index (χ2v) is 3.99. The van der Waals surface area contributed by atoms with Crippen molar-refractivity contribution in [3.05, 3.63) is 17.0 Å². The maximum Gasteiger partial charge on any atom is 0.246 e. The largest absolute Gasteiger partial charge is 0.394 e. The number of aryl methyl sites for hydroxylation is 1. The summed E-state index contributed by atoms with van der Waals surface area (Å²) in [5.74, 6) is -0.266. The Hall–Kier alpha value is -0.910. The summed E-state index contributed by atoms with van der Waals surface area (Å²) in [4.78, 5) is 13.1. The van der Waals surface area contributed by atoms with Crippen LogP contribution in [0.5, 0.6) is 0 Å². The van der Waals surface area contributed by atoms with E-state index in [2.05, 4.69) is 0 Å². The minimum absolute atomic E-state index is 0.266. The minimum atomic E-state index is -0.832. The lowest BCUT2D eigenvalue weighted by Crippen LogP contribution is -2.44. The predicted molar refractivity (Wildman–Crippen MR) is 57.5 cm³/mol. The van der Waals surface area contributed by atoms with E-state index < -0.39 is 6.04 Å². The Balaban J connectivity index is 2.80. The van der Waals surface area contributed by atoms with Gasteiger partial charge in [-0.15, -0.1) is 11.3 Å². The number of carbonyl (C=O) groups is 1. The fourth-order valence-corrected chi connectivity index (χ4v) is 2.04. The quantitative estimate of drug-likeness (QED) is 0.762. The van der Waals surface area contributed by atoms with Crippen molar-refractivity contribution in [2.75, 3.05) is 18.6 Å². The highest BCUT2D eigenvalue weighted by Gasteiger charge is 2.19. The number of rotatable bonds is 3. The van der Waals surface area contributed by atoms with Crippen LogP contribution in [-0.2, 0) is 4.79 Å². The Morgan fingerprint density at radius 2 is 2.43 bits per heavy atom. The fourth-order valence-electron chi connectivity index (χ4n) is 1.14. The molecule has 1 rings (SSSR count). The van der Waals surface area contributed by atoms with E-state index >= 15 is 0 Å². The third-order valence-corrected chi connectivity index (χ3v) is 3.08. The molecule has 14 heavy (non-hydrogen) atoms. The number of hydrogen-bond acceptors (Lipinski definition) is 4. The zero-order chi connectivity index (χ0) is 10.7. The van der Waals surface area contributed by atoms with Gasteiger partial charge in [0, 0.05) is 7.05 Å². The molecule has 0 aliphatic carbocycles. The van der Waals surface area contributed by atoms with Crippen LogP contribution in [0.25, 0.3) is 0 Å². The fraction of sp³-hybridized carbons (Fsp3) is 0.444. The van der Waals surface area contributed by atoms with E-state index in [-0.39, 0.29) is 12.5 Å².